The standard InChI is InChI=1S/C24H21FN4O3/c1-15-5-10-18(29-22(30)4-3-11-26-29)12-21(15)27-24(32)20-14-28(2)23(31)13-19(20)16-6-8-17(25)9-7-16/h3-12,14,19H,13H2,1-2H3,(H,27,32)/t19-/m0/s1. The fraction of sp³-hybridized carbons (Fsp3) is 0.167. The molecule has 2 aromatic carbocycles. The number of hydrogen-bond donors (Lipinski definition) is 1. The number of carbonyl (C=O) groups excluding carboxylic acids is 2. The van der Waals surface area contributed by atoms with Crippen LogP contribution in [0.3, 0.4) is 0 Å². The quantitative estimate of drug-likeness (QED) is 0.687. The van der Waals surface area contributed by atoms with Gasteiger partial charge in [-0.1, -0.05) is 18.2 Å². The SMILES string of the molecule is Cc1ccc(-n2ncccc2=O)cc1NC(=O)C1=CN(C)C(=O)C[C@H]1c1ccc(F)cc1. The molecule has 1 aliphatic rings. The largest absolute Gasteiger partial charge is 0.322 e. The first-order valence-corrected chi connectivity index (χ1v) is 10.0. The molecule has 2 amide bonds. The second kappa shape index (κ2) is 8.58. The first kappa shape index (κ1) is 21.2. The molecule has 32 heavy (non-hydrogen) atoms. The van der Waals surface area contributed by atoms with Crippen LogP contribution in [0.1, 0.15) is 23.5 Å². The number of hydrogen-bond acceptors (Lipinski definition) is 4. The molecule has 3 aromatic rings. The average Bonchev–Trinajstić information content (AvgIpc) is 2.78. The van der Waals surface area contributed by atoms with Crippen LogP contribution in [0.5, 0.6) is 0 Å². The zero-order chi connectivity index (χ0) is 22.8. The van der Waals surface area contributed by atoms with E-state index in [0.29, 0.717) is 22.5 Å². The van der Waals surface area contributed by atoms with Gasteiger partial charge in [0.1, 0.15) is 5.82 Å². The topological polar surface area (TPSA) is 84.3 Å². The van der Waals surface area contributed by atoms with Gasteiger partial charge in [0.05, 0.1) is 5.69 Å². The van der Waals surface area contributed by atoms with E-state index in [1.807, 2.05) is 6.92 Å². The molecule has 2 heterocycles. The Morgan fingerprint density at radius 3 is 2.59 bits per heavy atom. The van der Waals surface area contributed by atoms with Crippen molar-refractivity contribution in [2.75, 3.05) is 12.4 Å². The van der Waals surface area contributed by atoms with Crippen LogP contribution >= 0.6 is 0 Å². The first-order valence-electron chi connectivity index (χ1n) is 10.0. The van der Waals surface area contributed by atoms with Crippen LogP contribution in [0.4, 0.5) is 10.1 Å². The summed E-state index contributed by atoms with van der Waals surface area (Å²) in [6, 6.07) is 13.9. The summed E-state index contributed by atoms with van der Waals surface area (Å²) < 4.78 is 14.6. The van der Waals surface area contributed by atoms with Gasteiger partial charge >= 0.3 is 0 Å². The predicted octanol–water partition coefficient (Wildman–Crippen LogP) is 3.15. The Kier molecular flexibility index (Phi) is 5.68. The Balaban J connectivity index is 1.67. The molecule has 0 aliphatic carbocycles. The third-order valence-electron chi connectivity index (χ3n) is 5.44. The monoisotopic (exact) mass is 432 g/mol. The lowest BCUT2D eigenvalue weighted by atomic mass is 9.85. The van der Waals surface area contributed by atoms with E-state index in [4.69, 9.17) is 0 Å². The van der Waals surface area contributed by atoms with Crippen LogP contribution in [-0.2, 0) is 9.59 Å². The summed E-state index contributed by atoms with van der Waals surface area (Å²) in [6.45, 7) is 1.84. The Labute approximate surface area is 183 Å². The molecule has 0 saturated heterocycles. The molecule has 0 radical (unpaired) electrons. The van der Waals surface area contributed by atoms with Crippen molar-refractivity contribution in [3.8, 4) is 5.69 Å². The second-order valence-corrected chi connectivity index (χ2v) is 7.62. The minimum Gasteiger partial charge on any atom is -0.322 e. The zero-order valence-corrected chi connectivity index (χ0v) is 17.6. The smallest absolute Gasteiger partial charge is 0.271 e. The normalized spacial score (nSPS) is 16.0. The van der Waals surface area contributed by atoms with Gasteiger partial charge < -0.3 is 10.2 Å². The summed E-state index contributed by atoms with van der Waals surface area (Å²) in [5.41, 5.74) is 2.60. The Morgan fingerprint density at radius 1 is 1.12 bits per heavy atom. The number of rotatable bonds is 4. The molecule has 0 fully saturated rings. The fourth-order valence-corrected chi connectivity index (χ4v) is 3.63. The number of nitrogens with one attached hydrogen (secondary N) is 1. The molecular formula is C24H21FN4O3. The van der Waals surface area contributed by atoms with Gasteiger partial charge in [-0.15, -0.1) is 0 Å². The summed E-state index contributed by atoms with van der Waals surface area (Å²) in [5, 5.41) is 6.96. The maximum absolute atomic E-state index is 13.4. The van der Waals surface area contributed by atoms with Gasteiger partial charge in [0, 0.05) is 49.1 Å². The van der Waals surface area contributed by atoms with Gasteiger partial charge in [0.15, 0.2) is 0 Å². The Morgan fingerprint density at radius 2 is 1.88 bits per heavy atom. The lowest BCUT2D eigenvalue weighted by molar-refractivity contribution is -0.128. The molecule has 1 atom stereocenters. The molecule has 1 aliphatic heterocycles. The summed E-state index contributed by atoms with van der Waals surface area (Å²) in [5.74, 6) is -1.41. The number of aromatic nitrogens is 2. The Bertz CT molecular complexity index is 1280. The lowest BCUT2D eigenvalue weighted by Crippen LogP contribution is -2.33. The van der Waals surface area contributed by atoms with Crippen molar-refractivity contribution in [3.63, 3.8) is 0 Å². The van der Waals surface area contributed by atoms with Gasteiger partial charge in [-0.2, -0.15) is 9.78 Å². The van der Waals surface area contributed by atoms with Crippen LogP contribution < -0.4 is 10.9 Å². The lowest BCUT2D eigenvalue weighted by Gasteiger charge is -2.28. The number of aryl methyl sites for hydroxylation is 1. The van der Waals surface area contributed by atoms with Crippen molar-refractivity contribution in [1.29, 1.82) is 0 Å². The number of amides is 2. The third kappa shape index (κ3) is 4.20. The van der Waals surface area contributed by atoms with E-state index in [9.17, 15) is 18.8 Å². The molecule has 0 saturated carbocycles. The zero-order valence-electron chi connectivity index (χ0n) is 17.6. The van der Waals surface area contributed by atoms with Crippen LogP contribution in [0.2, 0.25) is 0 Å². The van der Waals surface area contributed by atoms with Crippen molar-refractivity contribution in [2.24, 2.45) is 0 Å². The summed E-state index contributed by atoms with van der Waals surface area (Å²) in [4.78, 5) is 39.1. The van der Waals surface area contributed by atoms with Crippen molar-refractivity contribution >= 4 is 17.5 Å². The van der Waals surface area contributed by atoms with Crippen LogP contribution in [0.25, 0.3) is 5.69 Å². The third-order valence-corrected chi connectivity index (χ3v) is 5.44. The summed E-state index contributed by atoms with van der Waals surface area (Å²) in [6.07, 6.45) is 3.12. The minimum absolute atomic E-state index is 0.101. The van der Waals surface area contributed by atoms with Gasteiger partial charge in [-0.25, -0.2) is 4.39 Å². The highest BCUT2D eigenvalue weighted by atomic mass is 19.1. The average molecular weight is 432 g/mol. The number of halogens is 1. The highest BCUT2D eigenvalue weighted by molar-refractivity contribution is 6.06. The van der Waals surface area contributed by atoms with Crippen LogP contribution in [0, 0.1) is 12.7 Å². The predicted molar refractivity (Wildman–Crippen MR) is 118 cm³/mol. The molecule has 0 unspecified atom stereocenters. The number of carbonyl (C=O) groups is 2. The van der Waals surface area contributed by atoms with Gasteiger partial charge in [-0.05, 0) is 48.4 Å². The van der Waals surface area contributed by atoms with Crippen molar-refractivity contribution in [2.45, 2.75) is 19.3 Å². The molecule has 8 heteroatoms. The fourth-order valence-electron chi connectivity index (χ4n) is 3.63. The van der Waals surface area contributed by atoms with E-state index in [0.717, 1.165) is 5.56 Å². The van der Waals surface area contributed by atoms with Gasteiger partial charge in [0.2, 0.25) is 5.91 Å². The van der Waals surface area contributed by atoms with E-state index >= 15 is 0 Å². The van der Waals surface area contributed by atoms with Crippen LogP contribution in [0.15, 0.2) is 77.4 Å². The molecule has 0 spiro atoms. The van der Waals surface area contributed by atoms with Crippen molar-refractivity contribution in [1.82, 2.24) is 14.7 Å². The highest BCUT2D eigenvalue weighted by Crippen LogP contribution is 2.33. The van der Waals surface area contributed by atoms with E-state index in [1.54, 1.807) is 43.4 Å². The van der Waals surface area contributed by atoms with Crippen LogP contribution in [-0.4, -0.2) is 33.5 Å². The molecule has 1 N–H and O–H groups in total. The Hall–Kier alpha value is -4.07. The van der Waals surface area contributed by atoms with E-state index in [-0.39, 0.29) is 29.6 Å². The molecule has 7 nitrogen and oxygen atoms in total. The molecule has 0 bridgehead atoms. The first-order chi connectivity index (χ1) is 15.3. The summed E-state index contributed by atoms with van der Waals surface area (Å²) >= 11 is 0. The second-order valence-electron chi connectivity index (χ2n) is 7.62. The highest BCUT2D eigenvalue weighted by Gasteiger charge is 2.31. The van der Waals surface area contributed by atoms with Crippen molar-refractivity contribution in [3.05, 3.63) is 99.9 Å². The molecular weight excluding hydrogens is 411 g/mol. The number of nitrogens with zero attached hydrogens (tertiary/aromatic N) is 3. The van der Waals surface area contributed by atoms with E-state index in [1.165, 1.54) is 40.2 Å². The maximum Gasteiger partial charge on any atom is 0.271 e. The van der Waals surface area contributed by atoms with Gasteiger partial charge in [0.25, 0.3) is 11.5 Å². The van der Waals surface area contributed by atoms with Crippen molar-refractivity contribution < 1.29 is 14.0 Å². The minimum atomic E-state index is -0.499. The molecule has 1 aromatic heterocycles. The molecule has 162 valence electrons. The number of benzene rings is 2. The number of anilines is 1. The van der Waals surface area contributed by atoms with E-state index < -0.39 is 5.92 Å². The summed E-state index contributed by atoms with van der Waals surface area (Å²) in [7, 11) is 1.59. The maximum atomic E-state index is 13.4. The van der Waals surface area contributed by atoms with E-state index in [2.05, 4.69) is 10.4 Å². The van der Waals surface area contributed by atoms with Gasteiger partial charge in [-0.3, -0.25) is 14.4 Å². The molecule has 4 rings (SSSR count).